The van der Waals surface area contributed by atoms with Crippen molar-refractivity contribution in [2.75, 3.05) is 6.54 Å². The minimum absolute atomic E-state index is 0.301. The SMILES string of the molecule is CCCCC(CNC(=O)OC(C)(C)C)NC(C1CC1)C1CC1. The summed E-state index contributed by atoms with van der Waals surface area (Å²) < 4.78 is 5.34. The van der Waals surface area contributed by atoms with Crippen molar-refractivity contribution in [2.24, 2.45) is 11.8 Å². The molecule has 0 radical (unpaired) electrons. The molecular formula is C18H34N2O2. The molecule has 2 N–H and O–H groups in total. The largest absolute Gasteiger partial charge is 0.444 e. The van der Waals surface area contributed by atoms with Crippen LogP contribution in [0, 0.1) is 11.8 Å². The van der Waals surface area contributed by atoms with E-state index in [0.29, 0.717) is 18.6 Å². The molecule has 0 saturated heterocycles. The molecule has 1 unspecified atom stereocenters. The van der Waals surface area contributed by atoms with Gasteiger partial charge in [0.05, 0.1) is 0 Å². The zero-order valence-corrected chi connectivity index (χ0v) is 14.8. The molecule has 0 bridgehead atoms. The maximum atomic E-state index is 11.9. The van der Waals surface area contributed by atoms with Crippen LogP contribution in [0.2, 0.25) is 0 Å². The van der Waals surface area contributed by atoms with Crippen molar-refractivity contribution in [3.05, 3.63) is 0 Å². The predicted octanol–water partition coefficient (Wildman–Crippen LogP) is 3.85. The van der Waals surface area contributed by atoms with Crippen molar-refractivity contribution < 1.29 is 9.53 Å². The van der Waals surface area contributed by atoms with E-state index in [2.05, 4.69) is 17.6 Å². The van der Waals surface area contributed by atoms with Gasteiger partial charge in [0.15, 0.2) is 0 Å². The highest BCUT2D eigenvalue weighted by atomic mass is 16.6. The molecule has 22 heavy (non-hydrogen) atoms. The van der Waals surface area contributed by atoms with Crippen molar-refractivity contribution in [3.8, 4) is 0 Å². The van der Waals surface area contributed by atoms with Crippen LogP contribution in [0.4, 0.5) is 4.79 Å². The molecule has 0 spiro atoms. The second-order valence-corrected chi connectivity index (χ2v) is 8.09. The predicted molar refractivity (Wildman–Crippen MR) is 89.9 cm³/mol. The summed E-state index contributed by atoms with van der Waals surface area (Å²) in [6, 6.07) is 1.06. The Morgan fingerprint density at radius 3 is 2.23 bits per heavy atom. The summed E-state index contributed by atoms with van der Waals surface area (Å²) in [6.07, 6.45) is 8.76. The molecule has 2 rings (SSSR count). The third-order valence-corrected chi connectivity index (χ3v) is 4.49. The lowest BCUT2D eigenvalue weighted by Gasteiger charge is -2.27. The van der Waals surface area contributed by atoms with Gasteiger partial charge in [0.2, 0.25) is 0 Å². The van der Waals surface area contributed by atoms with E-state index in [-0.39, 0.29) is 6.09 Å². The topological polar surface area (TPSA) is 50.4 Å². The number of carbonyl (C=O) groups is 1. The van der Waals surface area contributed by atoms with Gasteiger partial charge in [0, 0.05) is 18.6 Å². The highest BCUT2D eigenvalue weighted by molar-refractivity contribution is 5.67. The molecule has 128 valence electrons. The number of ether oxygens (including phenoxy) is 1. The van der Waals surface area contributed by atoms with Crippen LogP contribution in [0.25, 0.3) is 0 Å². The van der Waals surface area contributed by atoms with Gasteiger partial charge in [-0.05, 0) is 64.7 Å². The molecule has 0 aromatic heterocycles. The van der Waals surface area contributed by atoms with E-state index in [4.69, 9.17) is 4.74 Å². The van der Waals surface area contributed by atoms with E-state index in [9.17, 15) is 4.79 Å². The number of alkyl carbamates (subject to hydrolysis) is 1. The lowest BCUT2D eigenvalue weighted by molar-refractivity contribution is 0.0520. The van der Waals surface area contributed by atoms with Crippen LogP contribution in [-0.4, -0.2) is 30.3 Å². The molecule has 2 saturated carbocycles. The molecule has 1 amide bonds. The normalized spacial score (nSPS) is 20.0. The van der Waals surface area contributed by atoms with Crippen molar-refractivity contribution in [3.63, 3.8) is 0 Å². The smallest absolute Gasteiger partial charge is 0.407 e. The van der Waals surface area contributed by atoms with Gasteiger partial charge in [-0.1, -0.05) is 19.8 Å². The van der Waals surface area contributed by atoms with Crippen molar-refractivity contribution in [2.45, 2.75) is 90.3 Å². The van der Waals surface area contributed by atoms with Crippen LogP contribution < -0.4 is 10.6 Å². The van der Waals surface area contributed by atoms with E-state index in [1.807, 2.05) is 20.8 Å². The van der Waals surface area contributed by atoms with Gasteiger partial charge in [-0.15, -0.1) is 0 Å². The summed E-state index contributed by atoms with van der Waals surface area (Å²) in [7, 11) is 0. The molecule has 0 aliphatic heterocycles. The third kappa shape index (κ3) is 6.55. The fraction of sp³-hybridized carbons (Fsp3) is 0.944. The van der Waals surface area contributed by atoms with Crippen LogP contribution in [0.3, 0.4) is 0 Å². The van der Waals surface area contributed by atoms with Crippen molar-refractivity contribution in [1.82, 2.24) is 10.6 Å². The number of hydrogen-bond donors (Lipinski definition) is 2. The van der Waals surface area contributed by atoms with Gasteiger partial charge >= 0.3 is 6.09 Å². The number of unbranched alkanes of at least 4 members (excludes halogenated alkanes) is 1. The Kier molecular flexibility index (Phi) is 6.13. The number of carbonyl (C=O) groups excluding carboxylic acids is 1. The summed E-state index contributed by atoms with van der Waals surface area (Å²) in [5.41, 5.74) is -0.430. The maximum absolute atomic E-state index is 11.9. The first-order valence-corrected chi connectivity index (χ1v) is 9.12. The minimum Gasteiger partial charge on any atom is -0.444 e. The third-order valence-electron chi connectivity index (χ3n) is 4.49. The molecule has 2 aliphatic rings. The average Bonchev–Trinajstić information content (AvgIpc) is 3.27. The molecule has 0 aromatic carbocycles. The van der Waals surface area contributed by atoms with E-state index in [1.165, 1.54) is 38.5 Å². The van der Waals surface area contributed by atoms with Gasteiger partial charge in [-0.2, -0.15) is 0 Å². The number of hydrogen-bond acceptors (Lipinski definition) is 3. The Bertz CT molecular complexity index is 345. The monoisotopic (exact) mass is 310 g/mol. The number of nitrogens with one attached hydrogen (secondary N) is 2. The average molecular weight is 310 g/mol. The van der Waals surface area contributed by atoms with E-state index in [0.717, 1.165) is 18.3 Å². The molecule has 4 nitrogen and oxygen atoms in total. The fourth-order valence-corrected chi connectivity index (χ4v) is 3.06. The highest BCUT2D eigenvalue weighted by Crippen LogP contribution is 2.44. The standard InChI is InChI=1S/C18H34N2O2/c1-5-6-7-15(12-19-17(21)22-18(2,3)4)20-16(13-8-9-13)14-10-11-14/h13-16,20H,5-12H2,1-4H3,(H,19,21). The zero-order valence-electron chi connectivity index (χ0n) is 14.8. The summed E-state index contributed by atoms with van der Waals surface area (Å²) >= 11 is 0. The number of rotatable bonds is 9. The van der Waals surface area contributed by atoms with Gasteiger partial charge < -0.3 is 15.4 Å². The second-order valence-electron chi connectivity index (χ2n) is 8.09. The van der Waals surface area contributed by atoms with Gasteiger partial charge in [-0.25, -0.2) is 4.79 Å². The van der Waals surface area contributed by atoms with Gasteiger partial charge in [0.25, 0.3) is 0 Å². The van der Waals surface area contributed by atoms with Crippen LogP contribution in [0.5, 0.6) is 0 Å². The van der Waals surface area contributed by atoms with Crippen LogP contribution in [0.1, 0.15) is 72.6 Å². The molecule has 1 atom stereocenters. The summed E-state index contributed by atoms with van der Waals surface area (Å²) in [5.74, 6) is 1.77. The van der Waals surface area contributed by atoms with Crippen LogP contribution in [0.15, 0.2) is 0 Å². The zero-order chi connectivity index (χ0) is 16.2. The fourth-order valence-electron chi connectivity index (χ4n) is 3.06. The van der Waals surface area contributed by atoms with Gasteiger partial charge in [0.1, 0.15) is 5.60 Å². The summed E-state index contributed by atoms with van der Waals surface area (Å²) in [6.45, 7) is 8.59. The Hall–Kier alpha value is -0.770. The molecule has 4 heteroatoms. The molecule has 0 aromatic rings. The maximum Gasteiger partial charge on any atom is 0.407 e. The number of amides is 1. The quantitative estimate of drug-likeness (QED) is 0.680. The molecule has 2 fully saturated rings. The molecule has 2 aliphatic carbocycles. The Labute approximate surface area is 135 Å². The van der Waals surface area contributed by atoms with Gasteiger partial charge in [-0.3, -0.25) is 0 Å². The summed E-state index contributed by atoms with van der Waals surface area (Å²) in [5, 5.41) is 6.81. The Morgan fingerprint density at radius 1 is 1.18 bits per heavy atom. The van der Waals surface area contributed by atoms with Crippen LogP contribution >= 0.6 is 0 Å². The second kappa shape index (κ2) is 7.67. The van der Waals surface area contributed by atoms with E-state index in [1.54, 1.807) is 0 Å². The molecular weight excluding hydrogens is 276 g/mol. The first-order chi connectivity index (χ1) is 10.4. The lowest BCUT2D eigenvalue weighted by Crippen LogP contribution is -2.48. The lowest BCUT2D eigenvalue weighted by atomic mass is 10.0. The highest BCUT2D eigenvalue weighted by Gasteiger charge is 2.42. The van der Waals surface area contributed by atoms with Crippen molar-refractivity contribution in [1.29, 1.82) is 0 Å². The van der Waals surface area contributed by atoms with E-state index >= 15 is 0 Å². The summed E-state index contributed by atoms with van der Waals surface area (Å²) in [4.78, 5) is 11.9. The first-order valence-electron chi connectivity index (χ1n) is 9.12. The first kappa shape index (κ1) is 17.6. The molecule has 0 heterocycles. The van der Waals surface area contributed by atoms with Crippen LogP contribution in [-0.2, 0) is 4.74 Å². The van der Waals surface area contributed by atoms with Crippen molar-refractivity contribution >= 4 is 6.09 Å². The minimum atomic E-state index is -0.430. The Balaban J connectivity index is 1.78. The Morgan fingerprint density at radius 2 is 1.77 bits per heavy atom. The van der Waals surface area contributed by atoms with E-state index < -0.39 is 5.60 Å².